The number of rotatable bonds is 7. The van der Waals surface area contributed by atoms with Crippen LogP contribution in [-0.4, -0.2) is 43.4 Å². The molecule has 106 valence electrons. The Hall–Kier alpha value is -1.04. The second kappa shape index (κ2) is 7.53. The summed E-state index contributed by atoms with van der Waals surface area (Å²) in [5.41, 5.74) is 0.477. The van der Waals surface area contributed by atoms with Gasteiger partial charge in [0.05, 0.1) is 17.7 Å². The lowest BCUT2D eigenvalue weighted by molar-refractivity contribution is 0.0166. The average Bonchev–Trinajstić information content (AvgIpc) is 3.04. The third kappa shape index (κ3) is 4.86. The first-order valence-electron chi connectivity index (χ1n) is 6.57. The van der Waals surface area contributed by atoms with Crippen molar-refractivity contribution in [2.24, 2.45) is 0 Å². The van der Waals surface area contributed by atoms with Gasteiger partial charge in [0, 0.05) is 26.0 Å². The molecule has 2 rings (SSSR count). The molecule has 1 aliphatic rings. The van der Waals surface area contributed by atoms with E-state index in [-0.39, 0.29) is 12.0 Å². The van der Waals surface area contributed by atoms with Gasteiger partial charge in [-0.15, -0.1) is 0 Å². The van der Waals surface area contributed by atoms with Crippen molar-refractivity contribution in [3.05, 3.63) is 23.0 Å². The SMILES string of the molecule is O=C(NCCCOCC1CCCO1)c1cc(Cl)c[nH]1. The number of hydrogen-bond donors (Lipinski definition) is 2. The van der Waals surface area contributed by atoms with Crippen molar-refractivity contribution in [1.29, 1.82) is 0 Å². The molecule has 6 heteroatoms. The Labute approximate surface area is 117 Å². The lowest BCUT2D eigenvalue weighted by atomic mass is 10.2. The molecule has 2 N–H and O–H groups in total. The van der Waals surface area contributed by atoms with Crippen LogP contribution in [0.5, 0.6) is 0 Å². The summed E-state index contributed by atoms with van der Waals surface area (Å²) in [6, 6.07) is 1.60. The van der Waals surface area contributed by atoms with Crippen molar-refractivity contribution in [1.82, 2.24) is 10.3 Å². The van der Waals surface area contributed by atoms with Crippen LogP contribution in [0.25, 0.3) is 0 Å². The Balaban J connectivity index is 1.50. The number of nitrogens with one attached hydrogen (secondary N) is 2. The predicted octanol–water partition coefficient (Wildman–Crippen LogP) is 1.98. The van der Waals surface area contributed by atoms with Gasteiger partial charge in [-0.2, -0.15) is 0 Å². The highest BCUT2D eigenvalue weighted by atomic mass is 35.5. The zero-order valence-electron chi connectivity index (χ0n) is 10.8. The van der Waals surface area contributed by atoms with Gasteiger partial charge in [-0.1, -0.05) is 11.6 Å². The van der Waals surface area contributed by atoms with E-state index in [1.54, 1.807) is 12.3 Å². The first-order valence-corrected chi connectivity index (χ1v) is 6.95. The molecule has 1 atom stereocenters. The van der Waals surface area contributed by atoms with Gasteiger partial charge in [0.25, 0.3) is 5.91 Å². The molecular weight excluding hydrogens is 268 g/mol. The molecule has 1 aromatic rings. The molecule has 0 aliphatic carbocycles. The molecule has 1 amide bonds. The van der Waals surface area contributed by atoms with Gasteiger partial charge in [-0.05, 0) is 25.3 Å². The topological polar surface area (TPSA) is 63.4 Å². The van der Waals surface area contributed by atoms with E-state index in [4.69, 9.17) is 21.1 Å². The molecule has 5 nitrogen and oxygen atoms in total. The number of halogens is 1. The van der Waals surface area contributed by atoms with Crippen LogP contribution >= 0.6 is 11.6 Å². The van der Waals surface area contributed by atoms with Crippen LogP contribution in [-0.2, 0) is 9.47 Å². The van der Waals surface area contributed by atoms with Gasteiger partial charge < -0.3 is 19.8 Å². The quantitative estimate of drug-likeness (QED) is 0.754. The van der Waals surface area contributed by atoms with Gasteiger partial charge >= 0.3 is 0 Å². The first-order chi connectivity index (χ1) is 9.25. The molecule has 2 heterocycles. The Kier molecular flexibility index (Phi) is 5.69. The molecule has 1 unspecified atom stereocenters. The zero-order chi connectivity index (χ0) is 13.5. The molecule has 1 aromatic heterocycles. The number of carbonyl (C=O) groups is 1. The van der Waals surface area contributed by atoms with Gasteiger partial charge in [0.15, 0.2) is 0 Å². The smallest absolute Gasteiger partial charge is 0.267 e. The van der Waals surface area contributed by atoms with E-state index in [1.807, 2.05) is 0 Å². The van der Waals surface area contributed by atoms with Crippen LogP contribution in [0.1, 0.15) is 29.8 Å². The van der Waals surface area contributed by atoms with Crippen LogP contribution in [0, 0.1) is 0 Å². The second-order valence-electron chi connectivity index (χ2n) is 4.55. The first kappa shape index (κ1) is 14.4. The van der Waals surface area contributed by atoms with Gasteiger partial charge in [-0.3, -0.25) is 4.79 Å². The highest BCUT2D eigenvalue weighted by molar-refractivity contribution is 6.30. The van der Waals surface area contributed by atoms with Crippen molar-refractivity contribution < 1.29 is 14.3 Å². The van der Waals surface area contributed by atoms with E-state index >= 15 is 0 Å². The molecule has 0 aromatic carbocycles. The van der Waals surface area contributed by atoms with E-state index in [2.05, 4.69) is 10.3 Å². The normalized spacial score (nSPS) is 18.7. The summed E-state index contributed by atoms with van der Waals surface area (Å²) < 4.78 is 11.0. The maximum absolute atomic E-state index is 11.6. The summed E-state index contributed by atoms with van der Waals surface area (Å²) in [6.07, 6.45) is 4.84. The van der Waals surface area contributed by atoms with Crippen LogP contribution in [0.2, 0.25) is 5.02 Å². The van der Waals surface area contributed by atoms with Crippen molar-refractivity contribution >= 4 is 17.5 Å². The van der Waals surface area contributed by atoms with Crippen LogP contribution in [0.4, 0.5) is 0 Å². The molecule has 1 aliphatic heterocycles. The molecule has 0 radical (unpaired) electrons. The molecule has 1 saturated heterocycles. The number of amides is 1. The summed E-state index contributed by atoms with van der Waals surface area (Å²) in [5.74, 6) is -0.147. The summed E-state index contributed by atoms with van der Waals surface area (Å²) in [7, 11) is 0. The molecule has 19 heavy (non-hydrogen) atoms. The third-order valence-electron chi connectivity index (χ3n) is 2.97. The number of H-pyrrole nitrogens is 1. The van der Waals surface area contributed by atoms with Crippen LogP contribution in [0.3, 0.4) is 0 Å². The number of aromatic nitrogens is 1. The summed E-state index contributed by atoms with van der Waals surface area (Å²) >= 11 is 5.73. The fourth-order valence-electron chi connectivity index (χ4n) is 1.96. The Morgan fingerprint density at radius 2 is 2.53 bits per heavy atom. The van der Waals surface area contributed by atoms with E-state index in [0.717, 1.165) is 25.9 Å². The standard InChI is InChI=1S/C13H19ClN2O3/c14-10-7-12(16-8-10)13(17)15-4-2-5-18-9-11-3-1-6-19-11/h7-8,11,16H,1-6,9H2,(H,15,17). The maximum atomic E-state index is 11.6. The fourth-order valence-corrected chi connectivity index (χ4v) is 2.12. The minimum atomic E-state index is -0.147. The van der Waals surface area contributed by atoms with Gasteiger partial charge in [0.2, 0.25) is 0 Å². The van der Waals surface area contributed by atoms with Gasteiger partial charge in [0.1, 0.15) is 5.69 Å². The Bertz CT molecular complexity index is 402. The van der Waals surface area contributed by atoms with Crippen molar-refractivity contribution in [2.75, 3.05) is 26.4 Å². The molecule has 0 bridgehead atoms. The lowest BCUT2D eigenvalue weighted by Gasteiger charge is -2.10. The molecule has 1 fully saturated rings. The molecular formula is C13H19ClN2O3. The number of ether oxygens (including phenoxy) is 2. The highest BCUT2D eigenvalue weighted by Crippen LogP contribution is 2.12. The number of aromatic amines is 1. The predicted molar refractivity (Wildman–Crippen MR) is 72.5 cm³/mol. The minimum absolute atomic E-state index is 0.147. The van der Waals surface area contributed by atoms with Crippen molar-refractivity contribution in [3.8, 4) is 0 Å². The maximum Gasteiger partial charge on any atom is 0.267 e. The average molecular weight is 287 g/mol. The second-order valence-corrected chi connectivity index (χ2v) is 4.99. The van der Waals surface area contributed by atoms with E-state index in [1.165, 1.54) is 0 Å². The summed E-state index contributed by atoms with van der Waals surface area (Å²) in [5, 5.41) is 3.33. The number of hydrogen-bond acceptors (Lipinski definition) is 3. The lowest BCUT2D eigenvalue weighted by Crippen LogP contribution is -2.26. The zero-order valence-corrected chi connectivity index (χ0v) is 11.5. The molecule has 0 saturated carbocycles. The van der Waals surface area contributed by atoms with Crippen molar-refractivity contribution in [3.63, 3.8) is 0 Å². The van der Waals surface area contributed by atoms with E-state index in [9.17, 15) is 4.79 Å². The van der Waals surface area contributed by atoms with E-state index < -0.39 is 0 Å². The van der Waals surface area contributed by atoms with Gasteiger partial charge in [-0.25, -0.2) is 0 Å². The number of carbonyl (C=O) groups excluding carboxylic acids is 1. The Morgan fingerprint density at radius 3 is 3.21 bits per heavy atom. The monoisotopic (exact) mass is 286 g/mol. The highest BCUT2D eigenvalue weighted by Gasteiger charge is 2.14. The third-order valence-corrected chi connectivity index (χ3v) is 3.19. The van der Waals surface area contributed by atoms with Crippen molar-refractivity contribution in [2.45, 2.75) is 25.4 Å². The Morgan fingerprint density at radius 1 is 1.63 bits per heavy atom. The van der Waals surface area contributed by atoms with Crippen LogP contribution in [0.15, 0.2) is 12.3 Å². The summed E-state index contributed by atoms with van der Waals surface area (Å²) in [4.78, 5) is 14.4. The van der Waals surface area contributed by atoms with E-state index in [0.29, 0.717) is 30.5 Å². The summed E-state index contributed by atoms with van der Waals surface area (Å²) in [6.45, 7) is 2.72. The molecule has 0 spiro atoms. The minimum Gasteiger partial charge on any atom is -0.379 e. The fraction of sp³-hybridized carbons (Fsp3) is 0.615. The largest absolute Gasteiger partial charge is 0.379 e. The van der Waals surface area contributed by atoms with Crippen LogP contribution < -0.4 is 5.32 Å².